The van der Waals surface area contributed by atoms with Gasteiger partial charge in [-0.1, -0.05) is 12.1 Å². The van der Waals surface area contributed by atoms with Gasteiger partial charge in [0.25, 0.3) is 0 Å². The predicted molar refractivity (Wildman–Crippen MR) is 62.9 cm³/mol. The van der Waals surface area contributed by atoms with Crippen molar-refractivity contribution in [2.75, 3.05) is 11.5 Å². The zero-order chi connectivity index (χ0) is 10.5. The van der Waals surface area contributed by atoms with Gasteiger partial charge >= 0.3 is 0 Å². The molecule has 1 aromatic heterocycles. The molecule has 1 aliphatic carbocycles. The molecule has 5 heteroatoms. The lowest BCUT2D eigenvalue weighted by molar-refractivity contribution is 0.630. The quantitative estimate of drug-likeness (QED) is 0.711. The van der Waals surface area contributed by atoms with Crippen LogP contribution in [0.15, 0.2) is 6.20 Å². The molecular weight excluding hydrogens is 208 g/mol. The van der Waals surface area contributed by atoms with E-state index in [1.54, 1.807) is 0 Å². The molecule has 0 bridgehead atoms. The highest BCUT2D eigenvalue weighted by Gasteiger charge is 2.20. The Morgan fingerprint density at radius 1 is 1.60 bits per heavy atom. The average molecular weight is 226 g/mol. The summed E-state index contributed by atoms with van der Waals surface area (Å²) < 4.78 is 1.94. The van der Waals surface area contributed by atoms with E-state index >= 15 is 0 Å². The second kappa shape index (κ2) is 5.51. The molecule has 1 fully saturated rings. The Bertz CT molecular complexity index is 295. The maximum atomic E-state index is 4.14. The van der Waals surface area contributed by atoms with Crippen LogP contribution < -0.4 is 5.32 Å². The highest BCUT2D eigenvalue weighted by molar-refractivity contribution is 7.99. The largest absolute Gasteiger partial charge is 0.308 e. The maximum absolute atomic E-state index is 4.14. The number of thioether (sulfide) groups is 1. The lowest BCUT2D eigenvalue weighted by Crippen LogP contribution is -2.15. The summed E-state index contributed by atoms with van der Waals surface area (Å²) in [6.45, 7) is 4.01. The van der Waals surface area contributed by atoms with Crippen LogP contribution in [0.25, 0.3) is 0 Å². The number of rotatable bonds is 7. The highest BCUT2D eigenvalue weighted by Crippen LogP contribution is 2.18. The van der Waals surface area contributed by atoms with E-state index in [1.807, 2.05) is 22.6 Å². The fraction of sp³-hybridized carbons (Fsp3) is 0.800. The van der Waals surface area contributed by atoms with E-state index in [0.717, 1.165) is 30.6 Å². The van der Waals surface area contributed by atoms with Gasteiger partial charge in [0.2, 0.25) is 0 Å². The van der Waals surface area contributed by atoms with E-state index in [4.69, 9.17) is 0 Å². The summed E-state index contributed by atoms with van der Waals surface area (Å²) in [5.41, 5.74) is 1.06. The van der Waals surface area contributed by atoms with Gasteiger partial charge in [0.15, 0.2) is 0 Å². The smallest absolute Gasteiger partial charge is 0.0964 e. The predicted octanol–water partition coefficient (Wildman–Crippen LogP) is 1.28. The molecule has 0 radical (unpaired) electrons. The van der Waals surface area contributed by atoms with Crippen LogP contribution in [0.1, 0.15) is 25.5 Å². The van der Waals surface area contributed by atoms with Crippen molar-refractivity contribution in [3.8, 4) is 0 Å². The summed E-state index contributed by atoms with van der Waals surface area (Å²) in [7, 11) is 0. The SMILES string of the molecule is CCSCCn1cc(CNC2CC2)nn1. The van der Waals surface area contributed by atoms with Crippen LogP contribution in [0.2, 0.25) is 0 Å². The minimum atomic E-state index is 0.741. The average Bonchev–Trinajstić information content (AvgIpc) is 2.97. The third-order valence-electron chi connectivity index (χ3n) is 2.40. The van der Waals surface area contributed by atoms with Gasteiger partial charge in [-0.05, 0) is 18.6 Å². The van der Waals surface area contributed by atoms with Crippen LogP contribution >= 0.6 is 11.8 Å². The molecule has 0 aliphatic heterocycles. The Balaban J connectivity index is 1.70. The lowest BCUT2D eigenvalue weighted by atomic mass is 10.4. The molecule has 0 saturated heterocycles. The molecule has 2 rings (SSSR count). The Hall–Kier alpha value is -0.550. The third kappa shape index (κ3) is 3.83. The van der Waals surface area contributed by atoms with E-state index in [2.05, 4.69) is 22.6 Å². The normalized spacial score (nSPS) is 15.8. The molecule has 1 aliphatic rings. The van der Waals surface area contributed by atoms with Gasteiger partial charge in [0, 0.05) is 24.5 Å². The molecule has 1 N–H and O–H groups in total. The molecule has 1 heterocycles. The van der Waals surface area contributed by atoms with Crippen molar-refractivity contribution in [1.82, 2.24) is 20.3 Å². The van der Waals surface area contributed by atoms with Crippen LogP contribution in [0.3, 0.4) is 0 Å². The first-order chi connectivity index (χ1) is 7.38. The highest BCUT2D eigenvalue weighted by atomic mass is 32.2. The summed E-state index contributed by atoms with van der Waals surface area (Å²) in [5.74, 6) is 2.29. The van der Waals surface area contributed by atoms with Crippen LogP contribution in [0.4, 0.5) is 0 Å². The van der Waals surface area contributed by atoms with Crippen molar-refractivity contribution in [3.05, 3.63) is 11.9 Å². The maximum Gasteiger partial charge on any atom is 0.0964 e. The summed E-state index contributed by atoms with van der Waals surface area (Å²) in [6.07, 6.45) is 4.69. The monoisotopic (exact) mass is 226 g/mol. The van der Waals surface area contributed by atoms with Crippen molar-refractivity contribution in [2.24, 2.45) is 0 Å². The first-order valence-corrected chi connectivity index (χ1v) is 6.74. The number of nitrogens with zero attached hydrogens (tertiary/aromatic N) is 3. The number of aryl methyl sites for hydroxylation is 1. The minimum absolute atomic E-state index is 0.741. The van der Waals surface area contributed by atoms with E-state index in [-0.39, 0.29) is 0 Å². The van der Waals surface area contributed by atoms with Crippen molar-refractivity contribution in [2.45, 2.75) is 38.9 Å². The molecule has 84 valence electrons. The second-order valence-electron chi connectivity index (χ2n) is 3.83. The van der Waals surface area contributed by atoms with Crippen LogP contribution in [0, 0.1) is 0 Å². The summed E-state index contributed by atoms with van der Waals surface area (Å²) in [6, 6.07) is 0.741. The van der Waals surface area contributed by atoms with Crippen LogP contribution in [0.5, 0.6) is 0 Å². The molecule has 1 aromatic rings. The van der Waals surface area contributed by atoms with Gasteiger partial charge in [-0.3, -0.25) is 4.68 Å². The third-order valence-corrected chi connectivity index (χ3v) is 3.28. The van der Waals surface area contributed by atoms with E-state index in [1.165, 1.54) is 18.6 Å². The molecule has 0 spiro atoms. The van der Waals surface area contributed by atoms with Gasteiger partial charge in [-0.25, -0.2) is 0 Å². The molecule has 1 saturated carbocycles. The first-order valence-electron chi connectivity index (χ1n) is 5.58. The number of hydrogen-bond acceptors (Lipinski definition) is 4. The zero-order valence-electron chi connectivity index (χ0n) is 9.15. The minimum Gasteiger partial charge on any atom is -0.308 e. The Morgan fingerprint density at radius 3 is 3.20 bits per heavy atom. The molecule has 0 atom stereocenters. The summed E-state index contributed by atoms with van der Waals surface area (Å²) in [5, 5.41) is 11.7. The number of hydrogen-bond donors (Lipinski definition) is 1. The summed E-state index contributed by atoms with van der Waals surface area (Å²) >= 11 is 1.94. The van der Waals surface area contributed by atoms with Gasteiger partial charge < -0.3 is 5.32 Å². The van der Waals surface area contributed by atoms with Gasteiger partial charge in [-0.15, -0.1) is 5.10 Å². The van der Waals surface area contributed by atoms with Gasteiger partial charge in [0.1, 0.15) is 0 Å². The molecule has 4 nitrogen and oxygen atoms in total. The van der Waals surface area contributed by atoms with Crippen LogP contribution in [-0.2, 0) is 13.1 Å². The topological polar surface area (TPSA) is 42.7 Å². The second-order valence-corrected chi connectivity index (χ2v) is 5.22. The zero-order valence-corrected chi connectivity index (χ0v) is 9.96. The van der Waals surface area contributed by atoms with Gasteiger partial charge in [-0.2, -0.15) is 11.8 Å². The van der Waals surface area contributed by atoms with E-state index < -0.39 is 0 Å². The fourth-order valence-electron chi connectivity index (χ4n) is 1.37. The van der Waals surface area contributed by atoms with E-state index in [9.17, 15) is 0 Å². The lowest BCUT2D eigenvalue weighted by Gasteiger charge is -1.98. The number of nitrogens with one attached hydrogen (secondary N) is 1. The van der Waals surface area contributed by atoms with Crippen molar-refractivity contribution in [3.63, 3.8) is 0 Å². The van der Waals surface area contributed by atoms with Crippen molar-refractivity contribution >= 4 is 11.8 Å². The van der Waals surface area contributed by atoms with Gasteiger partial charge in [0.05, 0.1) is 12.2 Å². The first kappa shape index (κ1) is 11.0. The fourth-order valence-corrected chi connectivity index (χ4v) is 1.97. The summed E-state index contributed by atoms with van der Waals surface area (Å²) in [4.78, 5) is 0. The molecular formula is C10H18N4S. The molecule has 0 aromatic carbocycles. The Labute approximate surface area is 94.8 Å². The molecule has 15 heavy (non-hydrogen) atoms. The molecule has 0 unspecified atom stereocenters. The number of aromatic nitrogens is 3. The molecule has 0 amide bonds. The standard InChI is InChI=1S/C10H18N4S/c1-2-15-6-5-14-8-10(12-13-14)7-11-9-3-4-9/h8-9,11H,2-7H2,1H3. The van der Waals surface area contributed by atoms with Crippen molar-refractivity contribution < 1.29 is 0 Å². The van der Waals surface area contributed by atoms with E-state index in [0.29, 0.717) is 0 Å². The van der Waals surface area contributed by atoms with Crippen molar-refractivity contribution in [1.29, 1.82) is 0 Å². The van der Waals surface area contributed by atoms with Crippen LogP contribution in [-0.4, -0.2) is 32.5 Å². The Kier molecular flexibility index (Phi) is 4.02. The Morgan fingerprint density at radius 2 is 2.47 bits per heavy atom.